The summed E-state index contributed by atoms with van der Waals surface area (Å²) in [5, 5.41) is 0. The molecule has 1 aromatic carbocycles. The summed E-state index contributed by atoms with van der Waals surface area (Å²) in [7, 11) is 4.34. The average molecular weight is 289 g/mol. The van der Waals surface area contributed by atoms with E-state index < -0.39 is 0 Å². The van der Waals surface area contributed by atoms with E-state index >= 15 is 0 Å². The van der Waals surface area contributed by atoms with Gasteiger partial charge in [-0.25, -0.2) is 0 Å². The molecule has 1 aromatic rings. The Bertz CT molecular complexity index is 383. The molecule has 118 valence electrons. The topological polar surface area (TPSA) is 32.5 Å². The minimum absolute atomic E-state index is 0.301. The Labute approximate surface area is 130 Å². The fraction of sp³-hybridized carbons (Fsp3) is 0.667. The number of nitrogens with zero attached hydrogens (tertiary/aromatic N) is 2. The average Bonchev–Trinajstić information content (AvgIpc) is 2.48. The van der Waals surface area contributed by atoms with Gasteiger partial charge in [0.25, 0.3) is 0 Å². The molecular formula is C18H31N3. The lowest BCUT2D eigenvalue weighted by molar-refractivity contribution is 0.154. The standard InChI is InChI=1S/C18H31N3/c1-20(2)14-17-10-12-21(13-11-17)15-18(19)9-8-16-6-4-3-5-7-16/h3-7,17-18H,8-15,19H2,1-2H3. The van der Waals surface area contributed by atoms with Crippen molar-refractivity contribution in [2.45, 2.75) is 31.7 Å². The molecule has 21 heavy (non-hydrogen) atoms. The van der Waals surface area contributed by atoms with Crippen LogP contribution in [0.5, 0.6) is 0 Å². The van der Waals surface area contributed by atoms with Crippen LogP contribution in [0.1, 0.15) is 24.8 Å². The van der Waals surface area contributed by atoms with Crippen LogP contribution in [0, 0.1) is 5.92 Å². The van der Waals surface area contributed by atoms with Crippen LogP contribution in [-0.2, 0) is 6.42 Å². The van der Waals surface area contributed by atoms with E-state index in [0.717, 1.165) is 25.3 Å². The smallest absolute Gasteiger partial charge is 0.0170 e. The minimum Gasteiger partial charge on any atom is -0.327 e. The Balaban J connectivity index is 1.64. The van der Waals surface area contributed by atoms with Gasteiger partial charge in [0.05, 0.1) is 0 Å². The van der Waals surface area contributed by atoms with Crippen LogP contribution in [0.2, 0.25) is 0 Å². The van der Waals surface area contributed by atoms with Crippen molar-refractivity contribution in [2.24, 2.45) is 11.7 Å². The molecule has 1 fully saturated rings. The zero-order chi connectivity index (χ0) is 15.1. The van der Waals surface area contributed by atoms with Gasteiger partial charge < -0.3 is 15.5 Å². The zero-order valence-electron chi connectivity index (χ0n) is 13.7. The van der Waals surface area contributed by atoms with Crippen LogP contribution in [0.15, 0.2) is 30.3 Å². The van der Waals surface area contributed by atoms with Crippen LogP contribution in [0.3, 0.4) is 0 Å². The maximum absolute atomic E-state index is 6.32. The number of likely N-dealkylation sites (tertiary alicyclic amines) is 1. The summed E-state index contributed by atoms with van der Waals surface area (Å²) < 4.78 is 0. The fourth-order valence-corrected chi connectivity index (χ4v) is 3.29. The normalized spacial score (nSPS) is 19.0. The van der Waals surface area contributed by atoms with Crippen molar-refractivity contribution in [3.63, 3.8) is 0 Å². The van der Waals surface area contributed by atoms with Crippen molar-refractivity contribution in [1.29, 1.82) is 0 Å². The minimum atomic E-state index is 0.301. The van der Waals surface area contributed by atoms with Crippen molar-refractivity contribution in [1.82, 2.24) is 9.80 Å². The third kappa shape index (κ3) is 6.16. The number of hydrogen-bond donors (Lipinski definition) is 1. The lowest BCUT2D eigenvalue weighted by atomic mass is 9.95. The van der Waals surface area contributed by atoms with Gasteiger partial charge in [0, 0.05) is 19.1 Å². The maximum Gasteiger partial charge on any atom is 0.0170 e. The van der Waals surface area contributed by atoms with Crippen LogP contribution in [0.25, 0.3) is 0 Å². The van der Waals surface area contributed by atoms with Crippen molar-refractivity contribution < 1.29 is 0 Å². The molecule has 3 nitrogen and oxygen atoms in total. The molecule has 1 atom stereocenters. The van der Waals surface area contributed by atoms with Crippen molar-refractivity contribution in [3.05, 3.63) is 35.9 Å². The molecule has 0 bridgehead atoms. The second kappa shape index (κ2) is 8.52. The lowest BCUT2D eigenvalue weighted by Crippen LogP contribution is -2.43. The van der Waals surface area contributed by atoms with E-state index in [1.807, 2.05) is 0 Å². The van der Waals surface area contributed by atoms with E-state index in [1.165, 1.54) is 38.0 Å². The highest BCUT2D eigenvalue weighted by Crippen LogP contribution is 2.18. The summed E-state index contributed by atoms with van der Waals surface area (Å²) in [4.78, 5) is 4.87. The Morgan fingerprint density at radius 2 is 1.86 bits per heavy atom. The third-order valence-corrected chi connectivity index (χ3v) is 4.47. The fourth-order valence-electron chi connectivity index (χ4n) is 3.29. The van der Waals surface area contributed by atoms with Crippen LogP contribution < -0.4 is 5.73 Å². The van der Waals surface area contributed by atoms with Crippen LogP contribution in [-0.4, -0.2) is 56.1 Å². The summed E-state index contributed by atoms with van der Waals surface area (Å²) >= 11 is 0. The molecule has 2 rings (SSSR count). The van der Waals surface area contributed by atoms with Gasteiger partial charge in [0.1, 0.15) is 0 Å². The predicted octanol–water partition coefficient (Wildman–Crippen LogP) is 2.22. The number of nitrogens with two attached hydrogens (primary N) is 1. The summed E-state index contributed by atoms with van der Waals surface area (Å²) in [6.07, 6.45) is 4.83. The van der Waals surface area contributed by atoms with E-state index in [4.69, 9.17) is 5.73 Å². The molecule has 1 heterocycles. The number of hydrogen-bond acceptors (Lipinski definition) is 3. The Hall–Kier alpha value is -0.900. The number of rotatable bonds is 7. The molecule has 3 heteroatoms. The summed E-state index contributed by atoms with van der Waals surface area (Å²) in [5.41, 5.74) is 7.72. The van der Waals surface area contributed by atoms with Crippen molar-refractivity contribution >= 4 is 0 Å². The van der Waals surface area contributed by atoms with Gasteiger partial charge in [-0.1, -0.05) is 30.3 Å². The maximum atomic E-state index is 6.32. The molecule has 1 unspecified atom stereocenters. The number of piperidine rings is 1. The third-order valence-electron chi connectivity index (χ3n) is 4.47. The summed E-state index contributed by atoms with van der Waals surface area (Å²) in [6.45, 7) is 4.73. The lowest BCUT2D eigenvalue weighted by Gasteiger charge is -2.34. The molecule has 1 aliphatic rings. The summed E-state index contributed by atoms with van der Waals surface area (Å²) in [6, 6.07) is 11.0. The molecule has 0 spiro atoms. The van der Waals surface area contributed by atoms with E-state index in [9.17, 15) is 0 Å². The highest BCUT2D eigenvalue weighted by molar-refractivity contribution is 5.14. The monoisotopic (exact) mass is 289 g/mol. The number of aryl methyl sites for hydroxylation is 1. The predicted molar refractivity (Wildman–Crippen MR) is 90.5 cm³/mol. The van der Waals surface area contributed by atoms with Gasteiger partial charge in [0.15, 0.2) is 0 Å². The Kier molecular flexibility index (Phi) is 6.68. The summed E-state index contributed by atoms with van der Waals surface area (Å²) in [5.74, 6) is 0.872. The van der Waals surface area contributed by atoms with Gasteiger partial charge in [-0.05, 0) is 64.3 Å². The van der Waals surface area contributed by atoms with Gasteiger partial charge in [-0.2, -0.15) is 0 Å². The highest BCUT2D eigenvalue weighted by Gasteiger charge is 2.20. The number of benzene rings is 1. The van der Waals surface area contributed by atoms with E-state index in [2.05, 4.69) is 54.2 Å². The molecule has 0 aliphatic carbocycles. The first kappa shape index (κ1) is 16.5. The van der Waals surface area contributed by atoms with Crippen LogP contribution in [0.4, 0.5) is 0 Å². The first-order valence-electron chi connectivity index (χ1n) is 8.30. The molecule has 0 saturated carbocycles. The Morgan fingerprint density at radius 3 is 2.48 bits per heavy atom. The first-order valence-corrected chi connectivity index (χ1v) is 8.30. The second-order valence-electron chi connectivity index (χ2n) is 6.79. The second-order valence-corrected chi connectivity index (χ2v) is 6.79. The van der Waals surface area contributed by atoms with Gasteiger partial charge >= 0.3 is 0 Å². The van der Waals surface area contributed by atoms with Gasteiger partial charge in [-0.3, -0.25) is 0 Å². The zero-order valence-corrected chi connectivity index (χ0v) is 13.7. The Morgan fingerprint density at radius 1 is 1.19 bits per heavy atom. The largest absolute Gasteiger partial charge is 0.327 e. The molecule has 0 aromatic heterocycles. The van der Waals surface area contributed by atoms with Gasteiger partial charge in [-0.15, -0.1) is 0 Å². The highest BCUT2D eigenvalue weighted by atomic mass is 15.1. The van der Waals surface area contributed by atoms with Crippen molar-refractivity contribution in [2.75, 3.05) is 40.3 Å². The molecule has 0 radical (unpaired) electrons. The van der Waals surface area contributed by atoms with E-state index in [0.29, 0.717) is 6.04 Å². The van der Waals surface area contributed by atoms with E-state index in [1.54, 1.807) is 0 Å². The molecule has 1 saturated heterocycles. The van der Waals surface area contributed by atoms with E-state index in [-0.39, 0.29) is 0 Å². The van der Waals surface area contributed by atoms with Crippen molar-refractivity contribution in [3.8, 4) is 0 Å². The molecular weight excluding hydrogens is 258 g/mol. The SMILES string of the molecule is CN(C)CC1CCN(CC(N)CCc2ccccc2)CC1. The van der Waals surface area contributed by atoms with Crippen LogP contribution >= 0.6 is 0 Å². The van der Waals surface area contributed by atoms with Gasteiger partial charge in [0.2, 0.25) is 0 Å². The quantitative estimate of drug-likeness (QED) is 0.835. The molecule has 2 N–H and O–H groups in total. The molecule has 1 aliphatic heterocycles. The first-order chi connectivity index (χ1) is 10.1. The molecule has 0 amide bonds.